The SMILES string of the molecule is COC(=O)Nc1ccc(NCc2cnc3ccc(C)cn23)cc1F. The van der Waals surface area contributed by atoms with Crippen molar-refractivity contribution in [3.05, 3.63) is 59.8 Å². The fourth-order valence-corrected chi connectivity index (χ4v) is 2.35. The van der Waals surface area contributed by atoms with Crippen molar-refractivity contribution in [3.63, 3.8) is 0 Å². The fourth-order valence-electron chi connectivity index (χ4n) is 2.35. The Bertz CT molecular complexity index is 891. The van der Waals surface area contributed by atoms with Crippen LogP contribution in [-0.2, 0) is 11.3 Å². The van der Waals surface area contributed by atoms with E-state index >= 15 is 0 Å². The molecule has 0 spiro atoms. The second-order valence-corrected chi connectivity index (χ2v) is 5.35. The monoisotopic (exact) mass is 328 g/mol. The average Bonchev–Trinajstić information content (AvgIpc) is 2.97. The first-order chi connectivity index (χ1) is 11.6. The molecule has 0 unspecified atom stereocenters. The Hall–Kier alpha value is -3.09. The molecule has 3 rings (SSSR count). The number of aryl methyl sites for hydroxylation is 1. The summed E-state index contributed by atoms with van der Waals surface area (Å²) < 4.78 is 20.4. The van der Waals surface area contributed by atoms with Gasteiger partial charge in [-0.1, -0.05) is 6.07 Å². The summed E-state index contributed by atoms with van der Waals surface area (Å²) in [6.45, 7) is 2.51. The number of hydrogen-bond donors (Lipinski definition) is 2. The molecule has 0 radical (unpaired) electrons. The summed E-state index contributed by atoms with van der Waals surface area (Å²) in [7, 11) is 1.22. The molecular formula is C17H17FN4O2. The largest absolute Gasteiger partial charge is 0.453 e. The van der Waals surface area contributed by atoms with Gasteiger partial charge >= 0.3 is 6.09 Å². The molecule has 2 heterocycles. The van der Waals surface area contributed by atoms with Crippen LogP contribution < -0.4 is 10.6 Å². The van der Waals surface area contributed by atoms with Crippen LogP contribution in [0.25, 0.3) is 5.65 Å². The van der Waals surface area contributed by atoms with Gasteiger partial charge in [-0.25, -0.2) is 14.2 Å². The molecule has 0 bridgehead atoms. The van der Waals surface area contributed by atoms with Gasteiger partial charge in [0.15, 0.2) is 0 Å². The van der Waals surface area contributed by atoms with Gasteiger partial charge in [0, 0.05) is 11.9 Å². The lowest BCUT2D eigenvalue weighted by Crippen LogP contribution is -2.12. The number of aromatic nitrogens is 2. The molecule has 24 heavy (non-hydrogen) atoms. The first-order valence-corrected chi connectivity index (χ1v) is 7.38. The predicted molar refractivity (Wildman–Crippen MR) is 89.7 cm³/mol. The van der Waals surface area contributed by atoms with Crippen LogP contribution >= 0.6 is 0 Å². The van der Waals surface area contributed by atoms with Crippen molar-refractivity contribution in [3.8, 4) is 0 Å². The third-order valence-electron chi connectivity index (χ3n) is 3.59. The summed E-state index contributed by atoms with van der Waals surface area (Å²) in [5.74, 6) is -0.542. The van der Waals surface area contributed by atoms with E-state index in [2.05, 4.69) is 20.4 Å². The third kappa shape index (κ3) is 3.29. The second-order valence-electron chi connectivity index (χ2n) is 5.35. The summed E-state index contributed by atoms with van der Waals surface area (Å²) in [6, 6.07) is 8.43. The standard InChI is InChI=1S/C17H17FN4O2/c1-11-3-6-16-20-9-13(22(16)10-11)8-19-12-4-5-15(14(18)7-12)21-17(23)24-2/h3-7,9-10,19H,8H2,1-2H3,(H,21,23). The first kappa shape index (κ1) is 15.8. The van der Waals surface area contributed by atoms with Crippen LogP contribution in [0.3, 0.4) is 0 Å². The van der Waals surface area contributed by atoms with E-state index in [1.807, 2.05) is 29.7 Å². The van der Waals surface area contributed by atoms with Gasteiger partial charge < -0.3 is 14.5 Å². The van der Waals surface area contributed by atoms with Crippen LogP contribution in [0.15, 0.2) is 42.7 Å². The average molecular weight is 328 g/mol. The number of amides is 1. The maximum Gasteiger partial charge on any atom is 0.411 e. The number of rotatable bonds is 4. The van der Waals surface area contributed by atoms with E-state index in [-0.39, 0.29) is 5.69 Å². The van der Waals surface area contributed by atoms with Gasteiger partial charge in [-0.2, -0.15) is 0 Å². The van der Waals surface area contributed by atoms with Crippen molar-refractivity contribution in [1.29, 1.82) is 0 Å². The van der Waals surface area contributed by atoms with Crippen LogP contribution in [0.5, 0.6) is 0 Å². The normalized spacial score (nSPS) is 10.6. The van der Waals surface area contributed by atoms with Gasteiger partial charge in [0.05, 0.1) is 31.2 Å². The second kappa shape index (κ2) is 6.57. The number of fused-ring (bicyclic) bond motifs is 1. The highest BCUT2D eigenvalue weighted by molar-refractivity contribution is 5.84. The smallest absolute Gasteiger partial charge is 0.411 e. The number of imidazole rings is 1. The highest BCUT2D eigenvalue weighted by Crippen LogP contribution is 2.20. The lowest BCUT2D eigenvalue weighted by Gasteiger charge is -2.09. The van der Waals surface area contributed by atoms with Crippen LogP contribution in [0.4, 0.5) is 20.6 Å². The summed E-state index contributed by atoms with van der Waals surface area (Å²) in [5, 5.41) is 5.46. The number of methoxy groups -OCH3 is 1. The Kier molecular flexibility index (Phi) is 4.33. The van der Waals surface area contributed by atoms with E-state index in [0.29, 0.717) is 12.2 Å². The molecule has 0 fully saturated rings. The lowest BCUT2D eigenvalue weighted by molar-refractivity contribution is 0.187. The van der Waals surface area contributed by atoms with Crippen LogP contribution in [0.2, 0.25) is 0 Å². The zero-order chi connectivity index (χ0) is 17.1. The molecule has 1 amide bonds. The van der Waals surface area contributed by atoms with Gasteiger partial charge in [0.25, 0.3) is 0 Å². The fraction of sp³-hybridized carbons (Fsp3) is 0.176. The molecule has 124 valence electrons. The number of halogens is 1. The number of benzene rings is 1. The molecule has 0 saturated heterocycles. The van der Waals surface area contributed by atoms with Crippen molar-refractivity contribution in [2.24, 2.45) is 0 Å². The van der Waals surface area contributed by atoms with Crippen LogP contribution in [0.1, 0.15) is 11.3 Å². The predicted octanol–water partition coefficient (Wildman–Crippen LogP) is 3.57. The lowest BCUT2D eigenvalue weighted by atomic mass is 10.2. The Balaban J connectivity index is 1.73. The van der Waals surface area contributed by atoms with Gasteiger partial charge in [-0.05, 0) is 36.8 Å². The topological polar surface area (TPSA) is 67.7 Å². The van der Waals surface area contributed by atoms with Gasteiger partial charge in [-0.3, -0.25) is 5.32 Å². The third-order valence-corrected chi connectivity index (χ3v) is 3.59. The zero-order valence-corrected chi connectivity index (χ0v) is 13.3. The molecule has 2 N–H and O–H groups in total. The Labute approximate surface area is 138 Å². The zero-order valence-electron chi connectivity index (χ0n) is 13.3. The number of nitrogens with zero attached hydrogens (tertiary/aromatic N) is 2. The van der Waals surface area contributed by atoms with Crippen LogP contribution in [0, 0.1) is 12.7 Å². The van der Waals surface area contributed by atoms with Crippen molar-refractivity contribution in [2.75, 3.05) is 17.7 Å². The van der Waals surface area contributed by atoms with E-state index in [4.69, 9.17) is 0 Å². The highest BCUT2D eigenvalue weighted by Gasteiger charge is 2.08. The molecule has 6 nitrogen and oxygen atoms in total. The van der Waals surface area contributed by atoms with E-state index < -0.39 is 11.9 Å². The van der Waals surface area contributed by atoms with Crippen molar-refractivity contribution in [1.82, 2.24) is 9.38 Å². The summed E-state index contributed by atoms with van der Waals surface area (Å²) >= 11 is 0. The van der Waals surface area contributed by atoms with Gasteiger partial charge in [0.1, 0.15) is 11.5 Å². The molecule has 0 aliphatic carbocycles. The van der Waals surface area contributed by atoms with E-state index in [1.165, 1.54) is 19.2 Å². The molecule has 0 aliphatic heterocycles. The number of hydrogen-bond acceptors (Lipinski definition) is 4. The van der Waals surface area contributed by atoms with Crippen molar-refractivity contribution >= 4 is 23.1 Å². The highest BCUT2D eigenvalue weighted by atomic mass is 19.1. The number of carbonyl (C=O) groups is 1. The molecule has 0 atom stereocenters. The maximum absolute atomic E-state index is 14.0. The molecular weight excluding hydrogens is 311 g/mol. The molecule has 0 saturated carbocycles. The minimum absolute atomic E-state index is 0.0674. The summed E-state index contributed by atoms with van der Waals surface area (Å²) in [5.41, 5.74) is 3.63. The Morgan fingerprint density at radius 3 is 2.92 bits per heavy atom. The first-order valence-electron chi connectivity index (χ1n) is 7.38. The Morgan fingerprint density at radius 1 is 1.33 bits per heavy atom. The van der Waals surface area contributed by atoms with Gasteiger partial charge in [-0.15, -0.1) is 0 Å². The maximum atomic E-state index is 14.0. The summed E-state index contributed by atoms with van der Waals surface area (Å²) in [4.78, 5) is 15.5. The van der Waals surface area contributed by atoms with Crippen LogP contribution in [-0.4, -0.2) is 22.6 Å². The molecule has 0 aliphatic rings. The molecule has 7 heteroatoms. The van der Waals surface area contributed by atoms with E-state index in [1.54, 1.807) is 12.3 Å². The summed E-state index contributed by atoms with van der Waals surface area (Å²) in [6.07, 6.45) is 3.07. The van der Waals surface area contributed by atoms with Crippen molar-refractivity contribution < 1.29 is 13.9 Å². The molecule has 2 aromatic heterocycles. The van der Waals surface area contributed by atoms with Gasteiger partial charge in [0.2, 0.25) is 0 Å². The van der Waals surface area contributed by atoms with E-state index in [0.717, 1.165) is 16.9 Å². The number of carbonyl (C=O) groups excluding carboxylic acids is 1. The number of ether oxygens (including phenoxy) is 1. The Morgan fingerprint density at radius 2 is 2.17 bits per heavy atom. The number of pyridine rings is 1. The minimum atomic E-state index is -0.712. The number of anilines is 2. The minimum Gasteiger partial charge on any atom is -0.453 e. The van der Waals surface area contributed by atoms with Crippen molar-refractivity contribution in [2.45, 2.75) is 13.5 Å². The number of nitrogens with one attached hydrogen (secondary N) is 2. The quantitative estimate of drug-likeness (QED) is 0.768. The molecule has 1 aromatic carbocycles. The van der Waals surface area contributed by atoms with E-state index in [9.17, 15) is 9.18 Å². The molecule has 3 aromatic rings.